The molecule has 0 spiro atoms. The number of aliphatic hydroxyl groups excluding tert-OH is 1. The molecule has 0 aromatic rings. The van der Waals surface area contributed by atoms with Gasteiger partial charge in [-0.2, -0.15) is 0 Å². The van der Waals surface area contributed by atoms with Crippen LogP contribution < -0.4 is 0 Å². The highest BCUT2D eigenvalue weighted by atomic mass is 16.4. The minimum Gasteiger partial charge on any atom is -0.481 e. The van der Waals surface area contributed by atoms with E-state index in [4.69, 9.17) is 5.11 Å². The number of hydrogen-bond donors (Lipinski definition) is 2. The van der Waals surface area contributed by atoms with Crippen LogP contribution in [0.3, 0.4) is 0 Å². The van der Waals surface area contributed by atoms with Crippen molar-refractivity contribution in [2.45, 2.75) is 79.1 Å². The second kappa shape index (κ2) is 9.98. The molecule has 1 atom stereocenters. The van der Waals surface area contributed by atoms with Crippen molar-refractivity contribution in [3.8, 4) is 0 Å². The second-order valence-corrected chi connectivity index (χ2v) is 7.84. The number of rotatable bonds is 13. The SMILES string of the molecule is CC(C)(C=O)CCCCC(CO)CCCCC(C)(C)C(=O)O. The quantitative estimate of drug-likeness (QED) is 0.397. The van der Waals surface area contributed by atoms with Crippen LogP contribution in [0.2, 0.25) is 0 Å². The summed E-state index contributed by atoms with van der Waals surface area (Å²) in [6.07, 6.45) is 8.39. The maximum atomic E-state index is 11.0. The van der Waals surface area contributed by atoms with Gasteiger partial charge in [0.15, 0.2) is 0 Å². The van der Waals surface area contributed by atoms with Crippen molar-refractivity contribution in [2.24, 2.45) is 16.7 Å². The number of hydrogen-bond acceptors (Lipinski definition) is 3. The van der Waals surface area contributed by atoms with Gasteiger partial charge in [0, 0.05) is 12.0 Å². The molecule has 0 aromatic heterocycles. The fourth-order valence-electron chi connectivity index (χ4n) is 2.51. The Hall–Kier alpha value is -0.900. The van der Waals surface area contributed by atoms with Gasteiger partial charge in [0.1, 0.15) is 6.29 Å². The number of aldehydes is 1. The van der Waals surface area contributed by atoms with Crippen molar-refractivity contribution in [1.82, 2.24) is 0 Å². The Morgan fingerprint density at radius 1 is 1.00 bits per heavy atom. The molecule has 0 aliphatic heterocycles. The molecule has 0 rings (SSSR count). The van der Waals surface area contributed by atoms with Crippen LogP contribution in [0.4, 0.5) is 0 Å². The van der Waals surface area contributed by atoms with Gasteiger partial charge in [-0.3, -0.25) is 4.79 Å². The lowest BCUT2D eigenvalue weighted by atomic mass is 9.85. The van der Waals surface area contributed by atoms with Gasteiger partial charge in [0.05, 0.1) is 5.41 Å². The van der Waals surface area contributed by atoms with Crippen LogP contribution in [0.15, 0.2) is 0 Å². The van der Waals surface area contributed by atoms with Crippen LogP contribution >= 0.6 is 0 Å². The summed E-state index contributed by atoms with van der Waals surface area (Å²) in [7, 11) is 0. The molecule has 0 saturated carbocycles. The third-order valence-corrected chi connectivity index (χ3v) is 4.50. The highest BCUT2D eigenvalue weighted by Crippen LogP contribution is 2.26. The molecular formula is C18H34O4. The predicted molar refractivity (Wildman–Crippen MR) is 88.8 cm³/mol. The zero-order chi connectivity index (χ0) is 17.2. The first-order valence-corrected chi connectivity index (χ1v) is 8.45. The Labute approximate surface area is 135 Å². The normalized spacial score (nSPS) is 13.9. The molecule has 0 fully saturated rings. The minimum absolute atomic E-state index is 0.194. The van der Waals surface area contributed by atoms with Crippen molar-refractivity contribution in [2.75, 3.05) is 6.61 Å². The number of carboxylic acids is 1. The molecule has 0 saturated heterocycles. The Bertz CT molecular complexity index is 334. The first-order chi connectivity index (χ1) is 10.1. The van der Waals surface area contributed by atoms with Crippen LogP contribution in [0.25, 0.3) is 0 Å². The Balaban J connectivity index is 3.85. The predicted octanol–water partition coefficient (Wildman–Crippen LogP) is 4.05. The molecule has 0 amide bonds. The topological polar surface area (TPSA) is 74.6 Å². The van der Waals surface area contributed by atoms with E-state index in [1.807, 2.05) is 13.8 Å². The van der Waals surface area contributed by atoms with Crippen molar-refractivity contribution in [3.63, 3.8) is 0 Å². The molecule has 2 N–H and O–H groups in total. The van der Waals surface area contributed by atoms with Crippen LogP contribution in [0, 0.1) is 16.7 Å². The lowest BCUT2D eigenvalue weighted by Gasteiger charge is -2.20. The highest BCUT2D eigenvalue weighted by molar-refractivity contribution is 5.73. The molecule has 4 heteroatoms. The molecule has 4 nitrogen and oxygen atoms in total. The average Bonchev–Trinajstić information content (AvgIpc) is 2.45. The van der Waals surface area contributed by atoms with E-state index in [1.165, 1.54) is 0 Å². The van der Waals surface area contributed by atoms with Gasteiger partial charge in [-0.1, -0.05) is 39.5 Å². The summed E-state index contributed by atoms with van der Waals surface area (Å²) in [5.74, 6) is -0.448. The monoisotopic (exact) mass is 314 g/mol. The molecule has 0 heterocycles. The third-order valence-electron chi connectivity index (χ3n) is 4.50. The first-order valence-electron chi connectivity index (χ1n) is 8.45. The van der Waals surface area contributed by atoms with Gasteiger partial charge >= 0.3 is 5.97 Å². The summed E-state index contributed by atoms with van der Waals surface area (Å²) in [6.45, 7) is 7.61. The average molecular weight is 314 g/mol. The zero-order valence-corrected chi connectivity index (χ0v) is 14.7. The van der Waals surface area contributed by atoms with Gasteiger partial charge in [-0.25, -0.2) is 0 Å². The van der Waals surface area contributed by atoms with Crippen molar-refractivity contribution >= 4 is 12.3 Å². The standard InChI is InChI=1S/C18H34O4/c1-17(2,14-20)11-7-5-9-15(13-19)10-6-8-12-18(3,4)16(21)22/h14-15,19H,5-13H2,1-4H3,(H,21,22). The molecule has 0 radical (unpaired) electrons. The van der Waals surface area contributed by atoms with E-state index in [2.05, 4.69) is 0 Å². The summed E-state index contributed by atoms with van der Waals surface area (Å²) in [4.78, 5) is 21.9. The minimum atomic E-state index is -0.746. The molecule has 0 bridgehead atoms. The molecule has 22 heavy (non-hydrogen) atoms. The Morgan fingerprint density at radius 3 is 1.91 bits per heavy atom. The summed E-state index contributed by atoms with van der Waals surface area (Å²) < 4.78 is 0. The van der Waals surface area contributed by atoms with Gasteiger partial charge in [-0.15, -0.1) is 0 Å². The summed E-state index contributed by atoms with van der Waals surface area (Å²) in [5, 5.41) is 18.5. The van der Waals surface area contributed by atoms with E-state index >= 15 is 0 Å². The lowest BCUT2D eigenvalue weighted by molar-refractivity contribution is -0.147. The maximum Gasteiger partial charge on any atom is 0.309 e. The zero-order valence-electron chi connectivity index (χ0n) is 14.7. The molecule has 0 aliphatic carbocycles. The molecule has 1 unspecified atom stereocenters. The fraction of sp³-hybridized carbons (Fsp3) is 0.889. The van der Waals surface area contributed by atoms with E-state index < -0.39 is 11.4 Å². The summed E-state index contributed by atoms with van der Waals surface area (Å²) >= 11 is 0. The van der Waals surface area contributed by atoms with Gasteiger partial charge < -0.3 is 15.0 Å². The molecule has 0 aliphatic rings. The lowest BCUT2D eigenvalue weighted by Crippen LogP contribution is -2.23. The smallest absolute Gasteiger partial charge is 0.309 e. The van der Waals surface area contributed by atoms with Crippen LogP contribution in [0.1, 0.15) is 79.1 Å². The van der Waals surface area contributed by atoms with Crippen molar-refractivity contribution in [3.05, 3.63) is 0 Å². The Kier molecular flexibility index (Phi) is 9.58. The van der Waals surface area contributed by atoms with Crippen LogP contribution in [0.5, 0.6) is 0 Å². The van der Waals surface area contributed by atoms with Crippen LogP contribution in [-0.4, -0.2) is 29.1 Å². The van der Waals surface area contributed by atoms with Gasteiger partial charge in [0.2, 0.25) is 0 Å². The molecular weight excluding hydrogens is 280 g/mol. The number of aliphatic hydroxyl groups is 1. The van der Waals surface area contributed by atoms with Crippen molar-refractivity contribution in [1.29, 1.82) is 0 Å². The van der Waals surface area contributed by atoms with Gasteiger partial charge in [-0.05, 0) is 45.4 Å². The largest absolute Gasteiger partial charge is 0.481 e. The van der Waals surface area contributed by atoms with Crippen molar-refractivity contribution < 1.29 is 19.8 Å². The van der Waals surface area contributed by atoms with E-state index in [9.17, 15) is 14.7 Å². The highest BCUT2D eigenvalue weighted by Gasteiger charge is 2.26. The van der Waals surface area contributed by atoms with Crippen LogP contribution in [-0.2, 0) is 9.59 Å². The number of carbonyl (C=O) groups excluding carboxylic acids is 1. The summed E-state index contributed by atoms with van der Waals surface area (Å²) in [6, 6.07) is 0. The molecule has 130 valence electrons. The van der Waals surface area contributed by atoms with E-state index in [0.29, 0.717) is 12.3 Å². The van der Waals surface area contributed by atoms with E-state index in [1.54, 1.807) is 13.8 Å². The first kappa shape index (κ1) is 21.1. The number of carboxylic acid groups (broad SMARTS) is 1. The second-order valence-electron chi connectivity index (χ2n) is 7.84. The summed E-state index contributed by atoms with van der Waals surface area (Å²) in [5.41, 5.74) is -0.897. The fourth-order valence-corrected chi connectivity index (χ4v) is 2.51. The number of aliphatic carboxylic acids is 1. The number of carbonyl (C=O) groups is 2. The third kappa shape index (κ3) is 9.19. The van der Waals surface area contributed by atoms with E-state index in [0.717, 1.165) is 51.2 Å². The number of unbranched alkanes of at least 4 members (excludes halogenated alkanes) is 2. The maximum absolute atomic E-state index is 11.0. The molecule has 0 aromatic carbocycles. The van der Waals surface area contributed by atoms with E-state index in [-0.39, 0.29) is 12.0 Å². The Morgan fingerprint density at radius 2 is 1.50 bits per heavy atom. The van der Waals surface area contributed by atoms with Gasteiger partial charge in [0.25, 0.3) is 0 Å².